The molecule has 1 aliphatic carbocycles. The van der Waals surface area contributed by atoms with Crippen molar-refractivity contribution in [2.24, 2.45) is 5.92 Å². The highest BCUT2D eigenvalue weighted by Crippen LogP contribution is 2.31. The topological polar surface area (TPSA) is 33.1 Å². The molecular weight excluding hydrogens is 205 g/mol. The van der Waals surface area contributed by atoms with Crippen LogP contribution in [0.4, 0.5) is 4.39 Å². The van der Waals surface area contributed by atoms with E-state index in [2.05, 4.69) is 4.98 Å². The molecule has 2 nitrogen and oxygen atoms in total. The van der Waals surface area contributed by atoms with Crippen molar-refractivity contribution in [2.45, 2.75) is 44.6 Å². The minimum atomic E-state index is -0.746. The summed E-state index contributed by atoms with van der Waals surface area (Å²) in [5.74, 6) is 0.135. The van der Waals surface area contributed by atoms with Gasteiger partial charge >= 0.3 is 0 Å². The number of pyridine rings is 1. The first-order chi connectivity index (χ1) is 7.77. The average molecular weight is 223 g/mol. The predicted octanol–water partition coefficient (Wildman–Crippen LogP) is 3.22. The Morgan fingerprint density at radius 3 is 2.81 bits per heavy atom. The van der Waals surface area contributed by atoms with Gasteiger partial charge in [-0.05, 0) is 24.5 Å². The smallest absolute Gasteiger partial charge is 0.147 e. The largest absolute Gasteiger partial charge is 0.387 e. The van der Waals surface area contributed by atoms with E-state index in [0.717, 1.165) is 12.8 Å². The fraction of sp³-hybridized carbons (Fsp3) is 0.615. The molecule has 0 spiro atoms. The first kappa shape index (κ1) is 11.5. The Bertz CT molecular complexity index is 336. The zero-order chi connectivity index (χ0) is 11.4. The lowest BCUT2D eigenvalue weighted by Gasteiger charge is -2.23. The zero-order valence-electron chi connectivity index (χ0n) is 9.40. The predicted molar refractivity (Wildman–Crippen MR) is 60.3 cm³/mol. The van der Waals surface area contributed by atoms with Gasteiger partial charge in [0.15, 0.2) is 0 Å². The van der Waals surface area contributed by atoms with E-state index in [9.17, 15) is 9.50 Å². The number of nitrogens with zero attached hydrogens (tertiary/aromatic N) is 1. The molecule has 1 aromatic heterocycles. The normalized spacial score (nSPS) is 19.6. The third-order valence-corrected chi connectivity index (χ3v) is 3.38. The molecule has 1 saturated carbocycles. The maximum Gasteiger partial charge on any atom is 0.147 e. The lowest BCUT2D eigenvalue weighted by Crippen LogP contribution is -2.13. The fourth-order valence-corrected chi connectivity index (χ4v) is 2.49. The van der Waals surface area contributed by atoms with Crippen LogP contribution < -0.4 is 0 Å². The molecular formula is C13H18FNO. The molecule has 0 radical (unpaired) electrons. The van der Waals surface area contributed by atoms with Gasteiger partial charge in [-0.25, -0.2) is 4.39 Å². The molecule has 0 bridgehead atoms. The molecule has 0 saturated heterocycles. The van der Waals surface area contributed by atoms with Crippen LogP contribution in [0.1, 0.15) is 50.3 Å². The van der Waals surface area contributed by atoms with Crippen LogP contribution >= 0.6 is 0 Å². The summed E-state index contributed by atoms with van der Waals surface area (Å²) in [7, 11) is 0. The molecule has 0 amide bonds. The van der Waals surface area contributed by atoms with Gasteiger partial charge in [-0.1, -0.05) is 32.1 Å². The summed E-state index contributed by atoms with van der Waals surface area (Å²) in [4.78, 5) is 3.92. The van der Waals surface area contributed by atoms with E-state index in [-0.39, 0.29) is 5.69 Å². The minimum Gasteiger partial charge on any atom is -0.387 e. The Labute approximate surface area is 95.5 Å². The molecule has 1 heterocycles. The van der Waals surface area contributed by atoms with Gasteiger partial charge in [0.1, 0.15) is 11.5 Å². The molecule has 0 aromatic carbocycles. The van der Waals surface area contributed by atoms with Crippen LogP contribution in [0.25, 0.3) is 0 Å². The second-order valence-electron chi connectivity index (χ2n) is 4.63. The van der Waals surface area contributed by atoms with Crippen LogP contribution in [-0.4, -0.2) is 10.1 Å². The summed E-state index contributed by atoms with van der Waals surface area (Å²) in [6, 6.07) is 2.90. The van der Waals surface area contributed by atoms with Crippen LogP contribution in [0.5, 0.6) is 0 Å². The van der Waals surface area contributed by atoms with Crippen molar-refractivity contribution in [3.8, 4) is 0 Å². The van der Waals surface area contributed by atoms with E-state index in [1.807, 2.05) is 0 Å². The number of halogens is 1. The van der Waals surface area contributed by atoms with Gasteiger partial charge in [-0.3, -0.25) is 4.98 Å². The molecule has 1 aliphatic rings. The highest BCUT2D eigenvalue weighted by molar-refractivity contribution is 5.09. The summed E-state index contributed by atoms with van der Waals surface area (Å²) in [6.07, 6.45) is 7.52. The molecule has 1 N–H and O–H groups in total. The Morgan fingerprint density at radius 1 is 1.38 bits per heavy atom. The van der Waals surface area contributed by atoms with Crippen molar-refractivity contribution in [3.63, 3.8) is 0 Å². The molecule has 2 rings (SSSR count). The molecule has 1 aromatic rings. The van der Waals surface area contributed by atoms with Gasteiger partial charge in [0.05, 0.1) is 6.10 Å². The second kappa shape index (κ2) is 5.39. The van der Waals surface area contributed by atoms with E-state index in [0.29, 0.717) is 12.3 Å². The highest BCUT2D eigenvalue weighted by atomic mass is 19.1. The van der Waals surface area contributed by atoms with Crippen LogP contribution in [0.15, 0.2) is 18.3 Å². The van der Waals surface area contributed by atoms with Gasteiger partial charge in [-0.15, -0.1) is 0 Å². The van der Waals surface area contributed by atoms with Gasteiger partial charge in [0.25, 0.3) is 0 Å². The highest BCUT2D eigenvalue weighted by Gasteiger charge is 2.21. The van der Waals surface area contributed by atoms with Crippen molar-refractivity contribution < 1.29 is 9.50 Å². The number of hydrogen-bond donors (Lipinski definition) is 1. The molecule has 3 heteroatoms. The molecule has 16 heavy (non-hydrogen) atoms. The summed E-state index contributed by atoms with van der Waals surface area (Å²) in [6.45, 7) is 0. The van der Waals surface area contributed by atoms with E-state index >= 15 is 0 Å². The standard InChI is InChI=1S/C13H18FNO/c14-11-7-4-8-15-13(11)12(16)9-10-5-2-1-3-6-10/h4,7-8,10,12,16H,1-3,5-6,9H2. The molecule has 0 aliphatic heterocycles. The Kier molecular flexibility index (Phi) is 3.88. The van der Waals surface area contributed by atoms with Crippen molar-refractivity contribution in [1.29, 1.82) is 0 Å². The van der Waals surface area contributed by atoms with Gasteiger partial charge in [0.2, 0.25) is 0 Å². The summed E-state index contributed by atoms with van der Waals surface area (Å²) >= 11 is 0. The third kappa shape index (κ3) is 2.79. The van der Waals surface area contributed by atoms with Crippen molar-refractivity contribution in [1.82, 2.24) is 4.98 Å². The van der Waals surface area contributed by atoms with Crippen molar-refractivity contribution >= 4 is 0 Å². The van der Waals surface area contributed by atoms with Crippen LogP contribution in [-0.2, 0) is 0 Å². The third-order valence-electron chi connectivity index (χ3n) is 3.38. The molecule has 1 fully saturated rings. The monoisotopic (exact) mass is 223 g/mol. The Hall–Kier alpha value is -0.960. The SMILES string of the molecule is OC(CC1CCCCC1)c1ncccc1F. The number of rotatable bonds is 3. The van der Waals surface area contributed by atoms with E-state index < -0.39 is 11.9 Å². The van der Waals surface area contributed by atoms with Crippen LogP contribution in [0, 0.1) is 11.7 Å². The molecule has 88 valence electrons. The van der Waals surface area contributed by atoms with Gasteiger partial charge < -0.3 is 5.11 Å². The quantitative estimate of drug-likeness (QED) is 0.853. The van der Waals surface area contributed by atoms with Crippen molar-refractivity contribution in [2.75, 3.05) is 0 Å². The average Bonchev–Trinajstić information content (AvgIpc) is 2.31. The van der Waals surface area contributed by atoms with Crippen LogP contribution in [0.3, 0.4) is 0 Å². The maximum atomic E-state index is 13.4. The zero-order valence-corrected chi connectivity index (χ0v) is 9.40. The maximum absolute atomic E-state index is 13.4. The number of hydrogen-bond acceptors (Lipinski definition) is 2. The second-order valence-corrected chi connectivity index (χ2v) is 4.63. The number of aliphatic hydroxyl groups is 1. The number of aromatic nitrogens is 1. The molecule has 1 atom stereocenters. The summed E-state index contributed by atoms with van der Waals surface area (Å²) in [5, 5.41) is 9.95. The van der Waals surface area contributed by atoms with Gasteiger partial charge in [0, 0.05) is 6.20 Å². The minimum absolute atomic E-state index is 0.202. The Morgan fingerprint density at radius 2 is 2.12 bits per heavy atom. The summed E-state index contributed by atoms with van der Waals surface area (Å²) in [5.41, 5.74) is 0.202. The molecule has 1 unspecified atom stereocenters. The fourth-order valence-electron chi connectivity index (χ4n) is 2.49. The lowest BCUT2D eigenvalue weighted by molar-refractivity contribution is 0.123. The lowest BCUT2D eigenvalue weighted by atomic mass is 9.85. The van der Waals surface area contributed by atoms with E-state index in [1.165, 1.54) is 31.5 Å². The summed E-state index contributed by atoms with van der Waals surface area (Å²) < 4.78 is 13.4. The first-order valence-electron chi connectivity index (χ1n) is 6.06. The van der Waals surface area contributed by atoms with E-state index in [1.54, 1.807) is 6.07 Å². The van der Waals surface area contributed by atoms with E-state index in [4.69, 9.17) is 0 Å². The van der Waals surface area contributed by atoms with Crippen LogP contribution in [0.2, 0.25) is 0 Å². The Balaban J connectivity index is 1.96. The first-order valence-corrected chi connectivity index (χ1v) is 6.06. The van der Waals surface area contributed by atoms with Gasteiger partial charge in [-0.2, -0.15) is 0 Å². The van der Waals surface area contributed by atoms with Crippen molar-refractivity contribution in [3.05, 3.63) is 29.8 Å². The number of aliphatic hydroxyl groups excluding tert-OH is 1.